The number of fused-ring (bicyclic) bond motifs is 1. The van der Waals surface area contributed by atoms with Crippen molar-refractivity contribution in [2.24, 2.45) is 14.1 Å². The maximum Gasteiger partial charge on any atom is 0.409 e. The lowest BCUT2D eigenvalue weighted by atomic mass is 10.1. The molecule has 148 valence electrons. The third-order valence-corrected chi connectivity index (χ3v) is 6.41. The highest BCUT2D eigenvalue weighted by Crippen LogP contribution is 2.20. The number of amides is 1. The number of sulfonamides is 1. The SMILES string of the molecule is CCOC(=O)N1CCC(NS(=O)(=O)c2ccc3c(c2)n(C)c(=O)n3C)CC1. The number of hydrogen-bond acceptors (Lipinski definition) is 5. The quantitative estimate of drug-likeness (QED) is 0.823. The number of nitrogens with zero attached hydrogens (tertiary/aromatic N) is 3. The van der Waals surface area contributed by atoms with Gasteiger partial charge in [-0.1, -0.05) is 0 Å². The van der Waals surface area contributed by atoms with Crippen molar-refractivity contribution in [2.45, 2.75) is 30.7 Å². The second-order valence-corrected chi connectivity index (χ2v) is 8.35. The van der Waals surface area contributed by atoms with E-state index in [1.807, 2.05) is 0 Å². The average Bonchev–Trinajstić information content (AvgIpc) is 2.86. The molecule has 1 aromatic heterocycles. The molecule has 27 heavy (non-hydrogen) atoms. The van der Waals surface area contributed by atoms with E-state index in [2.05, 4.69) is 4.72 Å². The first-order valence-corrected chi connectivity index (χ1v) is 10.3. The molecule has 10 heteroatoms. The van der Waals surface area contributed by atoms with E-state index in [0.29, 0.717) is 43.6 Å². The van der Waals surface area contributed by atoms with Gasteiger partial charge in [-0.3, -0.25) is 9.13 Å². The second kappa shape index (κ2) is 7.35. The highest BCUT2D eigenvalue weighted by atomic mass is 32.2. The Morgan fingerprint density at radius 3 is 2.44 bits per heavy atom. The van der Waals surface area contributed by atoms with Crippen LogP contribution in [0.3, 0.4) is 0 Å². The summed E-state index contributed by atoms with van der Waals surface area (Å²) in [5, 5.41) is 0. The minimum Gasteiger partial charge on any atom is -0.450 e. The number of hydrogen-bond donors (Lipinski definition) is 1. The molecular weight excluding hydrogens is 372 g/mol. The van der Waals surface area contributed by atoms with E-state index >= 15 is 0 Å². The molecule has 1 N–H and O–H groups in total. The van der Waals surface area contributed by atoms with Gasteiger partial charge >= 0.3 is 11.8 Å². The van der Waals surface area contributed by atoms with Crippen LogP contribution in [0.4, 0.5) is 4.79 Å². The molecule has 2 heterocycles. The predicted molar refractivity (Wildman–Crippen MR) is 100 cm³/mol. The Balaban J connectivity index is 1.74. The topological polar surface area (TPSA) is 103 Å². The molecule has 0 atom stereocenters. The number of rotatable bonds is 4. The maximum absolute atomic E-state index is 12.8. The molecule has 0 radical (unpaired) electrons. The monoisotopic (exact) mass is 396 g/mol. The van der Waals surface area contributed by atoms with Crippen molar-refractivity contribution in [2.75, 3.05) is 19.7 Å². The summed E-state index contributed by atoms with van der Waals surface area (Å²) < 4.78 is 36.1. The minimum absolute atomic E-state index is 0.115. The van der Waals surface area contributed by atoms with E-state index in [4.69, 9.17) is 4.74 Å². The molecule has 0 aliphatic carbocycles. The lowest BCUT2D eigenvalue weighted by Crippen LogP contribution is -2.46. The summed E-state index contributed by atoms with van der Waals surface area (Å²) in [6, 6.07) is 4.38. The van der Waals surface area contributed by atoms with Crippen molar-refractivity contribution in [1.29, 1.82) is 0 Å². The van der Waals surface area contributed by atoms with Crippen molar-refractivity contribution in [3.63, 3.8) is 0 Å². The standard InChI is InChI=1S/C17H24N4O5S/c1-4-26-17(23)21-9-7-12(8-10-21)18-27(24,25)13-5-6-14-15(11-13)20(3)16(22)19(14)2/h5-6,11-12,18H,4,7-10H2,1-3H3. The first-order valence-electron chi connectivity index (χ1n) is 8.84. The Hall–Kier alpha value is -2.33. The fourth-order valence-corrected chi connectivity index (χ4v) is 4.66. The van der Waals surface area contributed by atoms with Crippen LogP contribution in [0.15, 0.2) is 27.9 Å². The fourth-order valence-electron chi connectivity index (χ4n) is 3.34. The van der Waals surface area contributed by atoms with Crippen molar-refractivity contribution >= 4 is 27.1 Å². The molecule has 0 unspecified atom stereocenters. The number of nitrogens with one attached hydrogen (secondary N) is 1. The van der Waals surface area contributed by atoms with Crippen LogP contribution in [-0.4, -0.2) is 54.3 Å². The average molecular weight is 396 g/mol. The summed E-state index contributed by atoms with van der Waals surface area (Å²) in [4.78, 5) is 25.4. The van der Waals surface area contributed by atoms with E-state index in [0.717, 1.165) is 0 Å². The highest BCUT2D eigenvalue weighted by molar-refractivity contribution is 7.89. The van der Waals surface area contributed by atoms with Gasteiger partial charge in [-0.05, 0) is 38.0 Å². The first-order chi connectivity index (χ1) is 12.7. The van der Waals surface area contributed by atoms with Crippen molar-refractivity contribution < 1.29 is 17.9 Å². The molecule has 1 fully saturated rings. The van der Waals surface area contributed by atoms with Crippen molar-refractivity contribution in [1.82, 2.24) is 18.8 Å². The number of carbonyl (C=O) groups excluding carboxylic acids is 1. The zero-order valence-corrected chi connectivity index (χ0v) is 16.5. The van der Waals surface area contributed by atoms with Gasteiger partial charge < -0.3 is 9.64 Å². The maximum atomic E-state index is 12.8. The zero-order chi connectivity index (χ0) is 19.8. The highest BCUT2D eigenvalue weighted by Gasteiger charge is 2.27. The number of imidazole rings is 1. The summed E-state index contributed by atoms with van der Waals surface area (Å²) in [5.41, 5.74) is 1.02. The molecule has 3 rings (SSSR count). The lowest BCUT2D eigenvalue weighted by Gasteiger charge is -2.31. The molecule has 9 nitrogen and oxygen atoms in total. The van der Waals surface area contributed by atoms with Gasteiger partial charge in [0.1, 0.15) is 0 Å². The minimum atomic E-state index is -3.73. The summed E-state index contributed by atoms with van der Waals surface area (Å²) in [6.45, 7) is 2.95. The summed E-state index contributed by atoms with van der Waals surface area (Å²) in [6.07, 6.45) is 0.670. The van der Waals surface area contributed by atoms with E-state index in [1.54, 1.807) is 32.0 Å². The van der Waals surface area contributed by atoms with Crippen LogP contribution in [0.5, 0.6) is 0 Å². The van der Waals surface area contributed by atoms with Gasteiger partial charge in [0.25, 0.3) is 0 Å². The van der Waals surface area contributed by atoms with Gasteiger partial charge in [-0.2, -0.15) is 0 Å². The number of ether oxygens (including phenoxy) is 1. The Morgan fingerprint density at radius 1 is 1.19 bits per heavy atom. The molecule has 0 saturated carbocycles. The van der Waals surface area contributed by atoms with Crippen molar-refractivity contribution in [3.05, 3.63) is 28.7 Å². The largest absolute Gasteiger partial charge is 0.450 e. The second-order valence-electron chi connectivity index (χ2n) is 6.63. The van der Waals surface area contributed by atoms with Gasteiger partial charge in [0.2, 0.25) is 10.0 Å². The van der Waals surface area contributed by atoms with E-state index < -0.39 is 10.0 Å². The molecule has 2 aromatic rings. The van der Waals surface area contributed by atoms with Gasteiger partial charge in [-0.25, -0.2) is 22.7 Å². The van der Waals surface area contributed by atoms with Crippen LogP contribution >= 0.6 is 0 Å². The van der Waals surface area contributed by atoms with Crippen LogP contribution in [0.2, 0.25) is 0 Å². The van der Waals surface area contributed by atoms with Crippen LogP contribution in [0.25, 0.3) is 11.0 Å². The number of piperidine rings is 1. The molecule has 1 amide bonds. The lowest BCUT2D eigenvalue weighted by molar-refractivity contribution is 0.0966. The summed E-state index contributed by atoms with van der Waals surface area (Å²) in [7, 11) is -0.471. The first kappa shape index (κ1) is 19.4. The third kappa shape index (κ3) is 3.72. The fraction of sp³-hybridized carbons (Fsp3) is 0.529. The number of carbonyl (C=O) groups is 1. The number of likely N-dealkylation sites (tertiary alicyclic amines) is 1. The molecule has 1 aliphatic heterocycles. The van der Waals surface area contributed by atoms with Crippen LogP contribution < -0.4 is 10.4 Å². The summed E-state index contributed by atoms with van der Waals surface area (Å²) >= 11 is 0. The Bertz CT molecular complexity index is 1020. The zero-order valence-electron chi connectivity index (χ0n) is 15.6. The molecule has 0 bridgehead atoms. The Morgan fingerprint density at radius 2 is 1.81 bits per heavy atom. The van der Waals surface area contributed by atoms with Crippen molar-refractivity contribution in [3.8, 4) is 0 Å². The van der Waals surface area contributed by atoms with Gasteiger partial charge in [0, 0.05) is 33.2 Å². The molecule has 1 aromatic carbocycles. The Kier molecular flexibility index (Phi) is 5.29. The number of aromatic nitrogens is 2. The van der Waals surface area contributed by atoms with Crippen LogP contribution in [0, 0.1) is 0 Å². The summed E-state index contributed by atoms with van der Waals surface area (Å²) in [5.74, 6) is 0. The molecule has 1 saturated heterocycles. The third-order valence-electron chi connectivity index (χ3n) is 4.90. The van der Waals surface area contributed by atoms with Crippen LogP contribution in [0.1, 0.15) is 19.8 Å². The predicted octanol–water partition coefficient (Wildman–Crippen LogP) is 0.776. The van der Waals surface area contributed by atoms with E-state index in [-0.39, 0.29) is 22.7 Å². The molecule has 0 spiro atoms. The Labute approximate surface area is 157 Å². The van der Waals surface area contributed by atoms with Gasteiger partial charge in [0.15, 0.2) is 0 Å². The normalized spacial score (nSPS) is 16.0. The van der Waals surface area contributed by atoms with E-state index in [1.165, 1.54) is 21.3 Å². The van der Waals surface area contributed by atoms with Crippen LogP contribution in [-0.2, 0) is 28.9 Å². The van der Waals surface area contributed by atoms with E-state index in [9.17, 15) is 18.0 Å². The smallest absolute Gasteiger partial charge is 0.409 e. The number of aryl methyl sites for hydroxylation is 2. The molecule has 1 aliphatic rings. The van der Waals surface area contributed by atoms with Gasteiger partial charge in [0.05, 0.1) is 22.5 Å². The van der Waals surface area contributed by atoms with Gasteiger partial charge in [-0.15, -0.1) is 0 Å². The number of benzene rings is 1. The molecular formula is C17H24N4O5S.